The highest BCUT2D eigenvalue weighted by molar-refractivity contribution is 5.41. The summed E-state index contributed by atoms with van der Waals surface area (Å²) in [6, 6.07) is 8.75. The summed E-state index contributed by atoms with van der Waals surface area (Å²) in [5.41, 5.74) is 3.27. The molecule has 0 bridgehead atoms. The molecule has 2 unspecified atom stereocenters. The summed E-state index contributed by atoms with van der Waals surface area (Å²) in [5, 5.41) is 3.28. The van der Waals surface area contributed by atoms with Gasteiger partial charge in [0.25, 0.3) is 0 Å². The molecule has 1 aromatic carbocycles. The number of hydrogen-bond donors (Lipinski definition) is 1. The van der Waals surface area contributed by atoms with Crippen LogP contribution in [0.25, 0.3) is 0 Å². The zero-order valence-electron chi connectivity index (χ0n) is 9.12. The molecule has 1 heterocycles. The quantitative estimate of drug-likeness (QED) is 0.790. The van der Waals surface area contributed by atoms with Crippen LogP contribution in [0.4, 0.5) is 0 Å². The first-order valence-corrected chi connectivity index (χ1v) is 5.67. The van der Waals surface area contributed by atoms with Crippen molar-refractivity contribution in [1.82, 2.24) is 5.32 Å². The van der Waals surface area contributed by atoms with E-state index in [1.165, 1.54) is 17.5 Å². The minimum absolute atomic E-state index is 0.345. The number of benzene rings is 1. The molecule has 1 saturated carbocycles. The fourth-order valence-corrected chi connectivity index (χ4v) is 2.95. The second kappa shape index (κ2) is 3.32. The first kappa shape index (κ1) is 9.37. The Kier molecular flexibility index (Phi) is 2.08. The molecular formula is C13H17NO. The molecule has 1 aliphatic heterocycles. The largest absolute Gasteiger partial charge is 0.376 e. The summed E-state index contributed by atoms with van der Waals surface area (Å²) < 4.78 is 5.72. The Bertz CT molecular complexity index is 377. The molecule has 1 aromatic rings. The van der Waals surface area contributed by atoms with E-state index < -0.39 is 0 Å². The SMILES string of the molecule is CNCC1CC12COCc1ccccc12. The van der Waals surface area contributed by atoms with E-state index in [1.807, 2.05) is 7.05 Å². The van der Waals surface area contributed by atoms with Gasteiger partial charge >= 0.3 is 0 Å². The van der Waals surface area contributed by atoms with Crippen LogP contribution in [-0.2, 0) is 16.8 Å². The van der Waals surface area contributed by atoms with Crippen LogP contribution in [0, 0.1) is 5.92 Å². The lowest BCUT2D eigenvalue weighted by Gasteiger charge is -2.26. The molecule has 2 heteroatoms. The van der Waals surface area contributed by atoms with Gasteiger partial charge in [0.2, 0.25) is 0 Å². The molecule has 0 amide bonds. The van der Waals surface area contributed by atoms with Crippen molar-refractivity contribution in [2.24, 2.45) is 5.92 Å². The summed E-state index contributed by atoms with van der Waals surface area (Å²) in [7, 11) is 2.03. The van der Waals surface area contributed by atoms with Gasteiger partial charge in [-0.2, -0.15) is 0 Å². The average molecular weight is 203 g/mol. The Morgan fingerprint density at radius 2 is 2.33 bits per heavy atom. The van der Waals surface area contributed by atoms with Crippen LogP contribution in [0.5, 0.6) is 0 Å². The van der Waals surface area contributed by atoms with Crippen molar-refractivity contribution >= 4 is 0 Å². The third-order valence-electron chi connectivity index (χ3n) is 3.85. The lowest BCUT2D eigenvalue weighted by atomic mass is 9.88. The molecule has 1 aliphatic carbocycles. The fraction of sp³-hybridized carbons (Fsp3) is 0.538. The standard InChI is InChI=1S/C13H17NO/c1-14-7-11-6-13(11)9-15-8-10-4-2-3-5-12(10)13/h2-5,11,14H,6-9H2,1H3. The molecule has 2 nitrogen and oxygen atoms in total. The highest BCUT2D eigenvalue weighted by Crippen LogP contribution is 2.56. The van der Waals surface area contributed by atoms with Gasteiger partial charge in [0.05, 0.1) is 13.2 Å². The van der Waals surface area contributed by atoms with Crippen molar-refractivity contribution in [2.45, 2.75) is 18.4 Å². The van der Waals surface area contributed by atoms with Gasteiger partial charge in [0, 0.05) is 5.41 Å². The lowest BCUT2D eigenvalue weighted by Crippen LogP contribution is -2.27. The maximum absolute atomic E-state index is 5.72. The highest BCUT2D eigenvalue weighted by atomic mass is 16.5. The van der Waals surface area contributed by atoms with E-state index in [1.54, 1.807) is 0 Å². The molecule has 80 valence electrons. The maximum Gasteiger partial charge on any atom is 0.0720 e. The van der Waals surface area contributed by atoms with Gasteiger partial charge in [-0.05, 0) is 37.1 Å². The topological polar surface area (TPSA) is 21.3 Å². The Morgan fingerprint density at radius 3 is 3.20 bits per heavy atom. The third-order valence-corrected chi connectivity index (χ3v) is 3.85. The summed E-state index contributed by atoms with van der Waals surface area (Å²) in [6.45, 7) is 2.82. The van der Waals surface area contributed by atoms with Crippen LogP contribution in [0.3, 0.4) is 0 Å². The lowest BCUT2D eigenvalue weighted by molar-refractivity contribution is 0.0792. The summed E-state index contributed by atoms with van der Waals surface area (Å²) in [5.74, 6) is 0.768. The van der Waals surface area contributed by atoms with Crippen molar-refractivity contribution in [3.8, 4) is 0 Å². The molecule has 1 N–H and O–H groups in total. The molecule has 1 fully saturated rings. The second-order valence-electron chi connectivity index (χ2n) is 4.76. The molecule has 0 radical (unpaired) electrons. The van der Waals surface area contributed by atoms with Crippen LogP contribution in [0.2, 0.25) is 0 Å². The third kappa shape index (κ3) is 1.32. The van der Waals surface area contributed by atoms with Crippen LogP contribution in [0.1, 0.15) is 17.5 Å². The van der Waals surface area contributed by atoms with Crippen molar-refractivity contribution in [1.29, 1.82) is 0 Å². The van der Waals surface area contributed by atoms with E-state index in [0.29, 0.717) is 5.41 Å². The molecule has 2 atom stereocenters. The first-order chi connectivity index (χ1) is 7.37. The van der Waals surface area contributed by atoms with E-state index in [4.69, 9.17) is 4.74 Å². The van der Waals surface area contributed by atoms with Gasteiger partial charge in [-0.3, -0.25) is 0 Å². The number of ether oxygens (including phenoxy) is 1. The van der Waals surface area contributed by atoms with E-state index in [9.17, 15) is 0 Å². The van der Waals surface area contributed by atoms with E-state index in [-0.39, 0.29) is 0 Å². The van der Waals surface area contributed by atoms with Crippen molar-refractivity contribution in [3.63, 3.8) is 0 Å². The number of nitrogens with one attached hydrogen (secondary N) is 1. The van der Waals surface area contributed by atoms with Crippen LogP contribution < -0.4 is 5.32 Å². The molecule has 15 heavy (non-hydrogen) atoms. The second-order valence-corrected chi connectivity index (χ2v) is 4.76. The maximum atomic E-state index is 5.72. The minimum atomic E-state index is 0.345. The minimum Gasteiger partial charge on any atom is -0.376 e. The van der Waals surface area contributed by atoms with E-state index in [0.717, 1.165) is 25.7 Å². The smallest absolute Gasteiger partial charge is 0.0720 e. The molecule has 0 saturated heterocycles. The van der Waals surface area contributed by atoms with Gasteiger partial charge in [0.1, 0.15) is 0 Å². The molecule has 2 aliphatic rings. The zero-order chi connectivity index (χ0) is 10.3. The monoisotopic (exact) mass is 203 g/mol. The zero-order valence-corrected chi connectivity index (χ0v) is 9.12. The number of rotatable bonds is 2. The molecule has 0 aromatic heterocycles. The van der Waals surface area contributed by atoms with E-state index in [2.05, 4.69) is 29.6 Å². The normalized spacial score (nSPS) is 32.7. The Labute approximate surface area is 90.6 Å². The van der Waals surface area contributed by atoms with Gasteiger partial charge < -0.3 is 10.1 Å². The van der Waals surface area contributed by atoms with Crippen molar-refractivity contribution in [2.75, 3.05) is 20.2 Å². The van der Waals surface area contributed by atoms with E-state index >= 15 is 0 Å². The van der Waals surface area contributed by atoms with Gasteiger partial charge in [-0.1, -0.05) is 24.3 Å². The molecule has 3 rings (SSSR count). The summed E-state index contributed by atoms with van der Waals surface area (Å²) in [6.07, 6.45) is 1.28. The first-order valence-electron chi connectivity index (χ1n) is 5.67. The Morgan fingerprint density at radius 1 is 1.47 bits per heavy atom. The number of hydrogen-bond acceptors (Lipinski definition) is 2. The van der Waals surface area contributed by atoms with Crippen LogP contribution >= 0.6 is 0 Å². The van der Waals surface area contributed by atoms with Crippen molar-refractivity contribution < 1.29 is 4.74 Å². The Hall–Kier alpha value is -0.860. The van der Waals surface area contributed by atoms with Gasteiger partial charge in [0.15, 0.2) is 0 Å². The van der Waals surface area contributed by atoms with Gasteiger partial charge in [-0.15, -0.1) is 0 Å². The highest BCUT2D eigenvalue weighted by Gasteiger charge is 2.56. The summed E-state index contributed by atoms with van der Waals surface area (Å²) in [4.78, 5) is 0. The average Bonchev–Trinajstić information content (AvgIpc) is 2.94. The summed E-state index contributed by atoms with van der Waals surface area (Å²) >= 11 is 0. The molecular weight excluding hydrogens is 186 g/mol. The Balaban J connectivity index is 1.94. The fourth-order valence-electron chi connectivity index (χ4n) is 2.95. The molecule has 1 spiro atoms. The van der Waals surface area contributed by atoms with Crippen LogP contribution in [-0.4, -0.2) is 20.2 Å². The predicted molar refractivity (Wildman–Crippen MR) is 59.8 cm³/mol. The predicted octanol–water partition coefficient (Wildman–Crippen LogP) is 1.69. The van der Waals surface area contributed by atoms with Crippen LogP contribution in [0.15, 0.2) is 24.3 Å². The van der Waals surface area contributed by atoms with Crippen molar-refractivity contribution in [3.05, 3.63) is 35.4 Å². The number of fused-ring (bicyclic) bond motifs is 2. The van der Waals surface area contributed by atoms with Gasteiger partial charge in [-0.25, -0.2) is 0 Å².